The molecule has 0 aromatic heterocycles. The van der Waals surface area contributed by atoms with E-state index in [1.807, 2.05) is 12.1 Å². The topological polar surface area (TPSA) is 66.5 Å². The molecule has 0 unspecified atom stereocenters. The van der Waals surface area contributed by atoms with Crippen LogP contribution in [-0.2, 0) is 22.4 Å². The van der Waals surface area contributed by atoms with Gasteiger partial charge in [0, 0.05) is 32.4 Å². The van der Waals surface area contributed by atoms with Gasteiger partial charge >= 0.3 is 5.97 Å². The molecule has 0 spiro atoms. The van der Waals surface area contributed by atoms with Gasteiger partial charge in [0.2, 0.25) is 0 Å². The van der Waals surface area contributed by atoms with E-state index in [9.17, 15) is 4.79 Å². The molecule has 2 atom stereocenters. The number of likely N-dealkylation sites (N-methyl/N-ethyl adjacent to an activating group) is 1. The first-order valence-corrected chi connectivity index (χ1v) is 13.0. The maximum absolute atomic E-state index is 12.4. The zero-order valence-corrected chi connectivity index (χ0v) is 23.7. The Morgan fingerprint density at radius 3 is 2.16 bits per heavy atom. The highest BCUT2D eigenvalue weighted by molar-refractivity contribution is 5.67. The number of hydrogen-bond acceptors (Lipinski definition) is 7. The molecule has 2 aromatic carbocycles. The predicted octanol–water partition coefficient (Wildman–Crippen LogP) is 5.27. The fourth-order valence-electron chi connectivity index (χ4n) is 5.77. The van der Waals surface area contributed by atoms with Crippen LogP contribution in [0.4, 0.5) is 0 Å². The first kappa shape index (κ1) is 28.6. The summed E-state index contributed by atoms with van der Waals surface area (Å²) < 4.78 is 28.2. The van der Waals surface area contributed by atoms with Gasteiger partial charge in [0.05, 0.1) is 28.4 Å². The zero-order valence-electron chi connectivity index (χ0n) is 23.7. The van der Waals surface area contributed by atoms with Crippen molar-refractivity contribution in [2.75, 3.05) is 48.6 Å². The molecule has 0 amide bonds. The van der Waals surface area contributed by atoms with Gasteiger partial charge in [-0.15, -0.1) is 0 Å². The second-order valence-corrected chi connectivity index (χ2v) is 10.3. The van der Waals surface area contributed by atoms with Crippen LogP contribution >= 0.6 is 0 Å². The third kappa shape index (κ3) is 6.50. The Kier molecular flexibility index (Phi) is 9.71. The van der Waals surface area contributed by atoms with Gasteiger partial charge in [-0.05, 0) is 73.2 Å². The van der Waals surface area contributed by atoms with Crippen molar-refractivity contribution in [1.82, 2.24) is 4.90 Å². The Morgan fingerprint density at radius 2 is 1.57 bits per heavy atom. The maximum Gasteiger partial charge on any atom is 0.303 e. The van der Waals surface area contributed by atoms with Crippen molar-refractivity contribution in [1.29, 1.82) is 0 Å². The summed E-state index contributed by atoms with van der Waals surface area (Å²) in [5, 5.41) is 0. The Balaban J connectivity index is 1.80. The van der Waals surface area contributed by atoms with Crippen LogP contribution in [0.25, 0.3) is 0 Å². The van der Waals surface area contributed by atoms with Gasteiger partial charge in [0.25, 0.3) is 0 Å². The first-order chi connectivity index (χ1) is 17.7. The molecule has 2 aromatic rings. The maximum atomic E-state index is 12.4. The molecule has 0 heterocycles. The molecule has 3 rings (SSSR count). The fraction of sp³-hybridized carbons (Fsp3) is 0.567. The summed E-state index contributed by atoms with van der Waals surface area (Å²) in [6, 6.07) is 10.2. The Bertz CT molecular complexity index is 1070. The summed E-state index contributed by atoms with van der Waals surface area (Å²) in [6.45, 7) is 7.61. The molecule has 0 radical (unpaired) electrons. The summed E-state index contributed by atoms with van der Waals surface area (Å²) in [7, 11) is 8.74. The molecule has 0 aliphatic heterocycles. The zero-order chi connectivity index (χ0) is 27.2. The summed E-state index contributed by atoms with van der Waals surface area (Å²) in [5.74, 6) is 3.00. The van der Waals surface area contributed by atoms with Crippen LogP contribution in [0.5, 0.6) is 23.0 Å². The van der Waals surface area contributed by atoms with Crippen LogP contribution in [0, 0.1) is 5.92 Å². The van der Waals surface area contributed by atoms with E-state index in [-0.39, 0.29) is 17.8 Å². The molecule has 0 saturated carbocycles. The molecule has 1 aliphatic carbocycles. The Labute approximate surface area is 222 Å². The minimum atomic E-state index is -0.579. The summed E-state index contributed by atoms with van der Waals surface area (Å²) >= 11 is 0. The number of carbonyl (C=O) groups is 1. The average molecular weight is 514 g/mol. The number of hydrogen-bond donors (Lipinski definition) is 0. The SMILES string of the molecule is COc1ccc(CCN(C)CC[C@@]2(OC(C)=O)CCc3cc(OC)c(OC)cc3[C@@H]2C(C)C)cc1OC. The summed E-state index contributed by atoms with van der Waals surface area (Å²) in [6.07, 6.45) is 3.24. The van der Waals surface area contributed by atoms with Gasteiger partial charge in [0.1, 0.15) is 5.60 Å². The second-order valence-electron chi connectivity index (χ2n) is 10.3. The lowest BCUT2D eigenvalue weighted by atomic mass is 9.65. The van der Waals surface area contributed by atoms with E-state index in [4.69, 9.17) is 23.7 Å². The van der Waals surface area contributed by atoms with Gasteiger partial charge in [-0.2, -0.15) is 0 Å². The molecule has 0 saturated heterocycles. The van der Waals surface area contributed by atoms with Crippen molar-refractivity contribution in [2.24, 2.45) is 5.92 Å². The smallest absolute Gasteiger partial charge is 0.303 e. The van der Waals surface area contributed by atoms with Crippen LogP contribution in [0.3, 0.4) is 0 Å². The molecule has 0 fully saturated rings. The van der Waals surface area contributed by atoms with Crippen molar-refractivity contribution in [3.05, 3.63) is 47.0 Å². The van der Waals surface area contributed by atoms with Gasteiger partial charge < -0.3 is 28.6 Å². The van der Waals surface area contributed by atoms with Crippen molar-refractivity contribution in [3.63, 3.8) is 0 Å². The van der Waals surface area contributed by atoms with Gasteiger partial charge in [0.15, 0.2) is 23.0 Å². The number of benzene rings is 2. The number of fused-ring (bicyclic) bond motifs is 1. The highest BCUT2D eigenvalue weighted by Gasteiger charge is 2.47. The number of nitrogens with zero attached hydrogens (tertiary/aromatic N) is 1. The first-order valence-electron chi connectivity index (χ1n) is 13.0. The third-order valence-electron chi connectivity index (χ3n) is 7.53. The number of aryl methyl sites for hydroxylation is 1. The third-order valence-corrected chi connectivity index (χ3v) is 7.53. The highest BCUT2D eigenvalue weighted by atomic mass is 16.6. The van der Waals surface area contributed by atoms with Crippen molar-refractivity contribution >= 4 is 5.97 Å². The van der Waals surface area contributed by atoms with E-state index >= 15 is 0 Å². The standard InChI is InChI=1S/C30H43NO6/c1-20(2)29-24-19-28(36-8)27(35-7)18-23(24)11-13-30(29,37-21(3)32)14-16-31(4)15-12-22-9-10-25(33-5)26(17-22)34-6/h9-10,17-20,29H,11-16H2,1-8H3/t29-,30-/m0/s1. The minimum Gasteiger partial charge on any atom is -0.493 e. The van der Waals surface area contributed by atoms with E-state index in [1.165, 1.54) is 23.6 Å². The van der Waals surface area contributed by atoms with E-state index in [0.29, 0.717) is 5.75 Å². The van der Waals surface area contributed by atoms with E-state index in [1.54, 1.807) is 28.4 Å². The van der Waals surface area contributed by atoms with Crippen LogP contribution in [0.1, 0.15) is 56.2 Å². The van der Waals surface area contributed by atoms with Crippen molar-refractivity contribution in [3.8, 4) is 23.0 Å². The van der Waals surface area contributed by atoms with Gasteiger partial charge in [-0.25, -0.2) is 0 Å². The largest absolute Gasteiger partial charge is 0.493 e. The number of esters is 1. The predicted molar refractivity (Wildman–Crippen MR) is 145 cm³/mol. The lowest BCUT2D eigenvalue weighted by Crippen LogP contribution is -2.48. The molecule has 204 valence electrons. The van der Waals surface area contributed by atoms with Crippen LogP contribution in [0.15, 0.2) is 30.3 Å². The molecule has 7 nitrogen and oxygen atoms in total. The highest BCUT2D eigenvalue weighted by Crippen LogP contribution is 2.50. The lowest BCUT2D eigenvalue weighted by molar-refractivity contribution is -0.164. The number of methoxy groups -OCH3 is 4. The number of carbonyl (C=O) groups excluding carboxylic acids is 1. The Hall–Kier alpha value is -2.93. The molecule has 37 heavy (non-hydrogen) atoms. The van der Waals surface area contributed by atoms with Crippen molar-refractivity contribution in [2.45, 2.75) is 58.0 Å². The van der Waals surface area contributed by atoms with Gasteiger partial charge in [-0.3, -0.25) is 4.79 Å². The van der Waals surface area contributed by atoms with Crippen LogP contribution in [-0.4, -0.2) is 65.0 Å². The van der Waals surface area contributed by atoms with Crippen molar-refractivity contribution < 1.29 is 28.5 Å². The van der Waals surface area contributed by atoms with E-state index < -0.39 is 5.60 Å². The van der Waals surface area contributed by atoms with Crippen LogP contribution < -0.4 is 18.9 Å². The monoisotopic (exact) mass is 513 g/mol. The molecule has 0 bridgehead atoms. The normalized spacial score (nSPS) is 18.9. The lowest BCUT2D eigenvalue weighted by Gasteiger charge is -2.47. The number of rotatable bonds is 12. The molecule has 7 heteroatoms. The van der Waals surface area contributed by atoms with E-state index in [2.05, 4.69) is 44.0 Å². The second kappa shape index (κ2) is 12.5. The molecular formula is C30H43NO6. The average Bonchev–Trinajstić information content (AvgIpc) is 2.88. The minimum absolute atomic E-state index is 0.0548. The Morgan fingerprint density at radius 1 is 0.946 bits per heavy atom. The summed E-state index contributed by atoms with van der Waals surface area (Å²) in [5.41, 5.74) is 3.03. The molecule has 0 N–H and O–H groups in total. The fourth-order valence-corrected chi connectivity index (χ4v) is 5.77. The summed E-state index contributed by atoms with van der Waals surface area (Å²) in [4.78, 5) is 14.7. The molecular weight excluding hydrogens is 470 g/mol. The van der Waals surface area contributed by atoms with E-state index in [0.717, 1.165) is 56.0 Å². The number of ether oxygens (including phenoxy) is 5. The quantitative estimate of drug-likeness (QED) is 0.358. The van der Waals surface area contributed by atoms with Crippen LogP contribution in [0.2, 0.25) is 0 Å². The van der Waals surface area contributed by atoms with Gasteiger partial charge in [-0.1, -0.05) is 19.9 Å². The molecule has 1 aliphatic rings.